The summed E-state index contributed by atoms with van der Waals surface area (Å²) in [5.74, 6) is -0.387. The van der Waals surface area contributed by atoms with Crippen molar-refractivity contribution in [1.82, 2.24) is 0 Å². The zero-order valence-electron chi connectivity index (χ0n) is 17.5. The molecule has 2 amide bonds. The van der Waals surface area contributed by atoms with Crippen molar-refractivity contribution < 1.29 is 9.59 Å². The van der Waals surface area contributed by atoms with E-state index in [1.54, 1.807) is 11.3 Å². The van der Waals surface area contributed by atoms with E-state index < -0.39 is 0 Å². The first-order valence-corrected chi connectivity index (χ1v) is 11.3. The molecule has 2 aliphatic rings. The molecule has 2 N–H and O–H groups in total. The SMILES string of the molecule is Cc1ccc(NC(=O)c2c(N=C3C(=O)Nc4ccc(C)cc43)sc3c2CCCC3)cc1. The Balaban J connectivity index is 1.58. The van der Waals surface area contributed by atoms with Gasteiger partial charge in [-0.15, -0.1) is 11.3 Å². The Labute approximate surface area is 185 Å². The van der Waals surface area contributed by atoms with E-state index in [4.69, 9.17) is 4.99 Å². The van der Waals surface area contributed by atoms with Gasteiger partial charge in [-0.05, 0) is 69.4 Å². The number of amides is 2. The molecular formula is C25H23N3O2S. The molecular weight excluding hydrogens is 406 g/mol. The van der Waals surface area contributed by atoms with Crippen LogP contribution >= 0.6 is 11.3 Å². The highest BCUT2D eigenvalue weighted by atomic mass is 32.1. The minimum atomic E-state index is -0.225. The fourth-order valence-electron chi connectivity index (χ4n) is 4.17. The number of hydrogen-bond acceptors (Lipinski definition) is 4. The summed E-state index contributed by atoms with van der Waals surface area (Å²) < 4.78 is 0. The molecule has 0 fully saturated rings. The number of nitrogens with one attached hydrogen (secondary N) is 2. The predicted molar refractivity (Wildman–Crippen MR) is 126 cm³/mol. The average Bonchev–Trinajstić information content (AvgIpc) is 3.27. The molecule has 31 heavy (non-hydrogen) atoms. The van der Waals surface area contributed by atoms with E-state index in [1.165, 1.54) is 4.88 Å². The fourth-order valence-corrected chi connectivity index (χ4v) is 5.44. The monoisotopic (exact) mass is 429 g/mol. The van der Waals surface area contributed by atoms with E-state index >= 15 is 0 Å². The lowest BCUT2D eigenvalue weighted by molar-refractivity contribution is -0.110. The van der Waals surface area contributed by atoms with Crippen LogP contribution in [0, 0.1) is 13.8 Å². The fraction of sp³-hybridized carbons (Fsp3) is 0.240. The lowest BCUT2D eigenvalue weighted by Gasteiger charge is -2.13. The van der Waals surface area contributed by atoms with Crippen LogP contribution in [0.25, 0.3) is 0 Å². The minimum absolute atomic E-state index is 0.162. The molecule has 0 saturated heterocycles. The Morgan fingerprint density at radius 2 is 1.77 bits per heavy atom. The number of fused-ring (bicyclic) bond motifs is 2. The molecule has 0 atom stereocenters. The quantitative estimate of drug-likeness (QED) is 0.571. The summed E-state index contributed by atoms with van der Waals surface area (Å²) in [5.41, 5.74) is 6.59. The van der Waals surface area contributed by atoms with Crippen LogP contribution in [0.2, 0.25) is 0 Å². The smallest absolute Gasteiger partial charge is 0.275 e. The van der Waals surface area contributed by atoms with Crippen molar-refractivity contribution >= 4 is 45.2 Å². The molecule has 5 nitrogen and oxygen atoms in total. The van der Waals surface area contributed by atoms with Crippen LogP contribution in [-0.2, 0) is 17.6 Å². The van der Waals surface area contributed by atoms with Gasteiger partial charge in [-0.1, -0.05) is 29.3 Å². The van der Waals surface area contributed by atoms with Crippen molar-refractivity contribution in [2.45, 2.75) is 39.5 Å². The third kappa shape index (κ3) is 3.68. The maximum atomic E-state index is 13.3. The highest BCUT2D eigenvalue weighted by molar-refractivity contribution is 7.16. The lowest BCUT2D eigenvalue weighted by Crippen LogP contribution is -2.16. The van der Waals surface area contributed by atoms with Crippen LogP contribution in [0.4, 0.5) is 16.4 Å². The highest BCUT2D eigenvalue weighted by Crippen LogP contribution is 2.41. The summed E-state index contributed by atoms with van der Waals surface area (Å²) in [4.78, 5) is 32.0. The van der Waals surface area contributed by atoms with Crippen molar-refractivity contribution in [3.63, 3.8) is 0 Å². The van der Waals surface area contributed by atoms with Gasteiger partial charge in [0.2, 0.25) is 0 Å². The molecule has 0 saturated carbocycles. The molecule has 6 heteroatoms. The third-order valence-electron chi connectivity index (χ3n) is 5.80. The Bertz CT molecular complexity index is 1240. The summed E-state index contributed by atoms with van der Waals surface area (Å²) in [7, 11) is 0. The number of rotatable bonds is 3. The summed E-state index contributed by atoms with van der Waals surface area (Å²) in [6.45, 7) is 4.01. The molecule has 5 rings (SSSR count). The van der Waals surface area contributed by atoms with Gasteiger partial charge in [-0.25, -0.2) is 4.99 Å². The van der Waals surface area contributed by atoms with Crippen molar-refractivity contribution in [3.8, 4) is 0 Å². The maximum absolute atomic E-state index is 13.3. The summed E-state index contributed by atoms with van der Waals surface area (Å²) in [6.07, 6.45) is 4.00. The molecule has 0 bridgehead atoms. The highest BCUT2D eigenvalue weighted by Gasteiger charge is 2.30. The zero-order chi connectivity index (χ0) is 21.5. The van der Waals surface area contributed by atoms with E-state index in [9.17, 15) is 9.59 Å². The van der Waals surface area contributed by atoms with Gasteiger partial charge in [0.1, 0.15) is 10.7 Å². The van der Waals surface area contributed by atoms with Crippen LogP contribution in [0.3, 0.4) is 0 Å². The number of anilines is 2. The van der Waals surface area contributed by atoms with E-state index in [0.717, 1.165) is 59.3 Å². The maximum Gasteiger partial charge on any atom is 0.275 e. The molecule has 1 aliphatic carbocycles. The van der Waals surface area contributed by atoms with Crippen molar-refractivity contribution in [1.29, 1.82) is 0 Å². The molecule has 1 aliphatic heterocycles. The van der Waals surface area contributed by atoms with E-state index in [1.807, 2.05) is 56.3 Å². The van der Waals surface area contributed by atoms with Crippen LogP contribution in [0.1, 0.15) is 50.3 Å². The molecule has 0 radical (unpaired) electrons. The molecule has 0 unspecified atom stereocenters. The van der Waals surface area contributed by atoms with Gasteiger partial charge in [0, 0.05) is 16.1 Å². The van der Waals surface area contributed by atoms with Crippen LogP contribution in [0.15, 0.2) is 47.5 Å². The molecule has 1 aromatic heterocycles. The third-order valence-corrected chi connectivity index (χ3v) is 6.98. The lowest BCUT2D eigenvalue weighted by atomic mass is 9.95. The number of aryl methyl sites for hydroxylation is 3. The number of thiophene rings is 1. The van der Waals surface area contributed by atoms with E-state index in [-0.39, 0.29) is 11.8 Å². The second-order valence-electron chi connectivity index (χ2n) is 8.17. The Morgan fingerprint density at radius 3 is 2.58 bits per heavy atom. The topological polar surface area (TPSA) is 70.6 Å². The van der Waals surface area contributed by atoms with Gasteiger partial charge in [0.15, 0.2) is 0 Å². The zero-order valence-corrected chi connectivity index (χ0v) is 18.4. The van der Waals surface area contributed by atoms with Gasteiger partial charge < -0.3 is 10.6 Å². The predicted octanol–water partition coefficient (Wildman–Crippen LogP) is 5.57. The second kappa shape index (κ2) is 7.78. The molecule has 3 aromatic rings. The Morgan fingerprint density at radius 1 is 1.03 bits per heavy atom. The van der Waals surface area contributed by atoms with E-state index in [0.29, 0.717) is 16.3 Å². The number of hydrogen-bond donors (Lipinski definition) is 2. The summed E-state index contributed by atoms with van der Waals surface area (Å²) in [6, 6.07) is 13.6. The first kappa shape index (κ1) is 19.7. The Hall–Kier alpha value is -3.25. The normalized spacial score (nSPS) is 16.1. The first-order valence-electron chi connectivity index (χ1n) is 10.5. The number of carbonyl (C=O) groups is 2. The first-order chi connectivity index (χ1) is 15.0. The number of nitrogens with zero attached hydrogens (tertiary/aromatic N) is 1. The second-order valence-corrected chi connectivity index (χ2v) is 9.26. The van der Waals surface area contributed by atoms with Gasteiger partial charge >= 0.3 is 0 Å². The number of carbonyl (C=O) groups excluding carboxylic acids is 2. The molecule has 2 aromatic carbocycles. The average molecular weight is 430 g/mol. The molecule has 156 valence electrons. The van der Waals surface area contributed by atoms with Gasteiger partial charge in [-0.3, -0.25) is 9.59 Å². The van der Waals surface area contributed by atoms with Gasteiger partial charge in [0.05, 0.1) is 11.3 Å². The van der Waals surface area contributed by atoms with Gasteiger partial charge in [0.25, 0.3) is 11.8 Å². The number of aliphatic imine (C=N–C) groups is 1. The number of benzene rings is 2. The largest absolute Gasteiger partial charge is 0.322 e. The molecule has 0 spiro atoms. The summed E-state index contributed by atoms with van der Waals surface area (Å²) >= 11 is 1.54. The Kier molecular flexibility index (Phi) is 4.94. The standard InChI is InChI=1S/C25H23N3O2S/c1-14-7-10-16(11-8-14)26-23(29)21-17-5-3-4-6-20(17)31-25(21)28-22-18-13-15(2)9-12-19(18)27-24(22)30/h7-13H,3-6H2,1-2H3,(H,26,29)(H,27,28,30). The minimum Gasteiger partial charge on any atom is -0.322 e. The summed E-state index contributed by atoms with van der Waals surface area (Å²) in [5, 5.41) is 6.53. The van der Waals surface area contributed by atoms with Crippen molar-refractivity contribution in [2.24, 2.45) is 4.99 Å². The van der Waals surface area contributed by atoms with E-state index in [2.05, 4.69) is 10.6 Å². The van der Waals surface area contributed by atoms with Crippen molar-refractivity contribution in [2.75, 3.05) is 10.6 Å². The van der Waals surface area contributed by atoms with Crippen molar-refractivity contribution in [3.05, 3.63) is 75.2 Å². The van der Waals surface area contributed by atoms with Gasteiger partial charge in [-0.2, -0.15) is 0 Å². The van der Waals surface area contributed by atoms with Crippen LogP contribution < -0.4 is 10.6 Å². The molecule has 2 heterocycles. The van der Waals surface area contributed by atoms with Crippen LogP contribution in [0.5, 0.6) is 0 Å². The van der Waals surface area contributed by atoms with Crippen LogP contribution in [-0.4, -0.2) is 17.5 Å².